The summed E-state index contributed by atoms with van der Waals surface area (Å²) in [4.78, 5) is 161. The summed E-state index contributed by atoms with van der Waals surface area (Å²) in [7, 11) is 3.57. The number of piperidine rings is 6. The molecular weight excluding hydrogens is 1800 g/mol. The summed E-state index contributed by atoms with van der Waals surface area (Å²) in [5.74, 6) is 0.695. The Balaban J connectivity index is 0.000000158. The molecule has 0 saturated carbocycles. The number of tetrazole rings is 2. The fourth-order valence-corrected chi connectivity index (χ4v) is 22.3. The number of hydrogen-bond acceptors (Lipinski definition) is 32. The molecule has 8 saturated heterocycles. The molecule has 21 rings (SSSR count). The van der Waals surface area contributed by atoms with Crippen molar-refractivity contribution in [2.24, 2.45) is 23.7 Å². The molecule has 5 aromatic heterocycles. The molecule has 738 valence electrons. The number of nitrogens with one attached hydrogen (secondary N) is 5. The van der Waals surface area contributed by atoms with E-state index in [1.165, 1.54) is 56.3 Å². The van der Waals surface area contributed by atoms with E-state index in [0.717, 1.165) is 222 Å². The largest absolute Gasteiger partial charge is 0.478 e. The average Bonchev–Trinajstić information content (AvgIpc) is 1.64. The van der Waals surface area contributed by atoms with Gasteiger partial charge >= 0.3 is 5.97 Å². The van der Waals surface area contributed by atoms with Crippen LogP contribution in [0.25, 0.3) is 22.2 Å². The SMILES string of the molecule is CC1=C(C(=O)Nc2ccc(N)c(C(=N)c3ccnc(N4CCN(CCC5CCN(CC6CCN(c7ccc8c(c7)C(=O)N(C7CCC(=O)NC7=O)C8=O)CC6)CC5)CC4)c3)c2)[C@@H](C)n2nnnc2N1C.CC1=C(C(=O)O)[C@@H](C)n2nnnc2N1C.Nc1ccc2[nH]nc(-c3ccnc(N4CCN(CCC5CCN(CC6CCN(c7ccc8c(c7)C(=O)N(C7CCC(=O)NC7=O)C8=O)CC6)CC5)CC4)c3)c2c1. The number of hydrogen-bond donors (Lipinski definition) is 8. The number of piperazine rings is 2. The van der Waals surface area contributed by atoms with Gasteiger partial charge in [-0.15, -0.1) is 0 Å². The lowest BCUT2D eigenvalue weighted by Gasteiger charge is -2.39. The fourth-order valence-electron chi connectivity index (χ4n) is 22.3. The molecule has 0 radical (unpaired) electrons. The van der Waals surface area contributed by atoms with Crippen molar-refractivity contribution in [1.29, 1.82) is 5.41 Å². The highest BCUT2D eigenvalue weighted by molar-refractivity contribution is 6.25. The van der Waals surface area contributed by atoms with Crippen LogP contribution in [0.3, 0.4) is 0 Å². The molecule has 2 unspecified atom stereocenters. The predicted molar refractivity (Wildman–Crippen MR) is 529 cm³/mol. The summed E-state index contributed by atoms with van der Waals surface area (Å²) in [6, 6.07) is 27.2. The van der Waals surface area contributed by atoms with Crippen LogP contribution in [0.2, 0.25) is 0 Å². The quantitative estimate of drug-likeness (QED) is 0.0187. The molecule has 41 heteroatoms. The number of benzene rings is 4. The predicted octanol–water partition coefficient (Wildman–Crippen LogP) is 7.32. The number of carbonyl (C=O) groups excluding carboxylic acids is 9. The van der Waals surface area contributed by atoms with Crippen molar-refractivity contribution in [3.63, 3.8) is 0 Å². The lowest BCUT2D eigenvalue weighted by atomic mass is 9.90. The number of carboxylic acid groups (broad SMARTS) is 1. The van der Waals surface area contributed by atoms with Crippen LogP contribution in [0.1, 0.15) is 182 Å². The number of allylic oxidation sites excluding steroid dienone is 2. The Bertz CT molecular complexity index is 6420. The Hall–Kier alpha value is -14.3. The summed E-state index contributed by atoms with van der Waals surface area (Å²) in [5, 5.41) is 57.6. The first kappa shape index (κ1) is 95.6. The van der Waals surface area contributed by atoms with Crippen LogP contribution in [0.4, 0.5) is 52.0 Å². The lowest BCUT2D eigenvalue weighted by Crippen LogP contribution is -2.54. The van der Waals surface area contributed by atoms with Crippen molar-refractivity contribution >= 4 is 128 Å². The van der Waals surface area contributed by atoms with Crippen molar-refractivity contribution in [2.45, 2.75) is 142 Å². The van der Waals surface area contributed by atoms with Crippen molar-refractivity contribution < 1.29 is 53.1 Å². The zero-order chi connectivity index (χ0) is 98.3. The van der Waals surface area contributed by atoms with Gasteiger partial charge in [0.05, 0.1) is 56.7 Å². The van der Waals surface area contributed by atoms with Crippen molar-refractivity contribution in [2.75, 3.05) is 191 Å². The van der Waals surface area contributed by atoms with E-state index in [1.54, 1.807) is 78.0 Å². The molecule has 9 amide bonds. The van der Waals surface area contributed by atoms with Crippen LogP contribution in [-0.4, -0.2) is 317 Å². The van der Waals surface area contributed by atoms with Gasteiger partial charge in [-0.25, -0.2) is 24.1 Å². The van der Waals surface area contributed by atoms with Gasteiger partial charge in [0.25, 0.3) is 29.5 Å². The summed E-state index contributed by atoms with van der Waals surface area (Å²) in [6.07, 6.45) is 15.9. The first-order chi connectivity index (χ1) is 68.1. The molecule has 0 bridgehead atoms. The molecule has 0 spiro atoms. The number of fused-ring (bicyclic) bond motifs is 5. The summed E-state index contributed by atoms with van der Waals surface area (Å²) < 4.78 is 3.12. The van der Waals surface area contributed by atoms with Gasteiger partial charge in [0.2, 0.25) is 35.5 Å². The van der Waals surface area contributed by atoms with Crippen LogP contribution in [0, 0.1) is 29.1 Å². The molecule has 8 fully saturated rings. The Morgan fingerprint density at radius 2 is 0.957 bits per heavy atom. The number of aliphatic carboxylic acids is 1. The number of carboxylic acids is 1. The van der Waals surface area contributed by atoms with Crippen LogP contribution in [0.15, 0.2) is 132 Å². The molecule has 4 aromatic carbocycles. The maximum Gasteiger partial charge on any atom is 0.335 e. The number of aromatic nitrogens is 12. The van der Waals surface area contributed by atoms with E-state index in [1.807, 2.05) is 81.7 Å². The highest BCUT2D eigenvalue weighted by Gasteiger charge is 2.48. The second-order valence-electron chi connectivity index (χ2n) is 39.4. The maximum atomic E-state index is 13.6. The molecule has 12 aliphatic rings. The minimum atomic E-state index is -0.965. The van der Waals surface area contributed by atoms with Gasteiger partial charge in [-0.3, -0.25) is 83.9 Å². The van der Waals surface area contributed by atoms with E-state index < -0.39 is 53.5 Å². The minimum Gasteiger partial charge on any atom is -0.478 e. The third kappa shape index (κ3) is 19.9. The molecule has 12 aliphatic heterocycles. The molecule has 10 N–H and O–H groups in total. The number of H-pyrrole nitrogens is 1. The molecule has 17 heterocycles. The molecule has 0 aliphatic carbocycles. The summed E-state index contributed by atoms with van der Waals surface area (Å²) >= 11 is 0. The average molecular weight is 1920 g/mol. The standard InChI is InChI=1S/C50H61N15O5.C42H50N10O4.C8H11N5O2/c1-30-44(31(2)65-50(59(30)3)56-57-58-65)47(68)54-35-4-7-40(51)39(27-35)45(52)34-10-16-53-42(26-34)63-24-22-60(23-25-63)17-11-32-12-18-61(19-13-32)29-33-14-20-62(21-15-33)36-5-6-37-38(28-36)49(70)64(48(37)69)41-8-9-43(66)55-46(41)67;43-30-1-4-35-34(24-30)39(47-46-35)29-7-13-44-37(23-29)51-21-19-48(20-22-51)14-8-27-9-15-49(16-10-27)26-28-11-17-50(18-12-28)31-2-3-32-33(25-31)42(56)52(41(32)55)36-5-6-38(53)45-40(36)54;1-4-6(7(14)15)5(2)13-8(12(4)3)9-10-11-13/h4-7,10,16,26-28,31-33,41,52H,8-9,11-15,17-25,29,51H2,1-3H3,(H,54,68)(H,55,66,67);1-4,7,13,23-25,27-28,36H,5-6,8-12,14-22,26,43H2,(H,46,47)(H,45,53,54);5H,1-3H3,(H,14,15)/t31-,41?;;5-/m1.1/s1. The van der Waals surface area contributed by atoms with Gasteiger partial charge in [0, 0.05) is 193 Å². The zero-order valence-corrected chi connectivity index (χ0v) is 80.5. The molecular formula is C100H122N30O11. The number of nitrogens with two attached hydrogens (primary N) is 2. The van der Waals surface area contributed by atoms with E-state index in [-0.39, 0.29) is 61.2 Å². The number of anilines is 9. The van der Waals surface area contributed by atoms with Gasteiger partial charge in [-0.2, -0.15) is 5.10 Å². The van der Waals surface area contributed by atoms with E-state index >= 15 is 0 Å². The molecule has 4 atom stereocenters. The number of nitrogen functional groups attached to an aromatic ring is 2. The van der Waals surface area contributed by atoms with E-state index in [2.05, 4.69) is 102 Å². The number of rotatable bonds is 22. The number of carbonyl (C=O) groups is 10. The Morgan fingerprint density at radius 1 is 0.489 bits per heavy atom. The Kier molecular flexibility index (Phi) is 27.7. The number of imide groups is 4. The van der Waals surface area contributed by atoms with Crippen LogP contribution < -0.4 is 56.8 Å². The first-order valence-corrected chi connectivity index (χ1v) is 49.4. The zero-order valence-electron chi connectivity index (χ0n) is 80.5. The number of amides is 9. The maximum absolute atomic E-state index is 13.6. The van der Waals surface area contributed by atoms with Crippen molar-refractivity contribution in [1.82, 2.24) is 101 Å². The minimum absolute atomic E-state index is 0.0980. The second-order valence-corrected chi connectivity index (χ2v) is 39.4. The van der Waals surface area contributed by atoms with E-state index in [0.29, 0.717) is 85.3 Å². The fraction of sp³-hybridized carbons (Fsp3) is 0.480. The number of nitrogens with zero attached hydrogens (tertiary/aromatic N) is 23. The Morgan fingerprint density at radius 3 is 1.45 bits per heavy atom. The third-order valence-electron chi connectivity index (χ3n) is 31.0. The van der Waals surface area contributed by atoms with E-state index in [4.69, 9.17) is 26.5 Å². The van der Waals surface area contributed by atoms with Crippen molar-refractivity contribution in [3.05, 3.63) is 165 Å². The van der Waals surface area contributed by atoms with Gasteiger partial charge < -0.3 is 61.1 Å². The number of pyridine rings is 2. The Labute approximate surface area is 815 Å². The highest BCUT2D eigenvalue weighted by Crippen LogP contribution is 2.41. The normalized spacial score (nSPS) is 21.8. The van der Waals surface area contributed by atoms with Crippen LogP contribution in [-0.2, 0) is 28.8 Å². The number of aromatic amines is 1. The topological polar surface area (TPSA) is 483 Å². The molecule has 41 nitrogen and oxygen atoms in total. The van der Waals surface area contributed by atoms with Crippen LogP contribution >= 0.6 is 0 Å². The molecule has 141 heavy (non-hydrogen) atoms. The third-order valence-corrected chi connectivity index (χ3v) is 31.0. The van der Waals surface area contributed by atoms with E-state index in [9.17, 15) is 53.4 Å². The van der Waals surface area contributed by atoms with Gasteiger partial charge in [-0.05, 0) is 286 Å². The number of likely N-dealkylation sites (tertiary alicyclic amines) is 2. The summed E-state index contributed by atoms with van der Waals surface area (Å²) in [6.45, 7) is 27.6. The van der Waals surface area contributed by atoms with Crippen molar-refractivity contribution in [3.8, 4) is 11.3 Å². The summed E-state index contributed by atoms with van der Waals surface area (Å²) in [5.41, 5.74) is 24.0. The van der Waals surface area contributed by atoms with Gasteiger partial charge in [-0.1, -0.05) is 10.2 Å². The lowest BCUT2D eigenvalue weighted by molar-refractivity contribution is -0.137. The van der Waals surface area contributed by atoms with Gasteiger partial charge in [0.1, 0.15) is 29.4 Å². The smallest absolute Gasteiger partial charge is 0.335 e. The monoisotopic (exact) mass is 1920 g/mol. The second kappa shape index (κ2) is 40.9. The highest BCUT2D eigenvalue weighted by atomic mass is 16.4. The van der Waals surface area contributed by atoms with Crippen LogP contribution in [0.5, 0.6) is 0 Å². The van der Waals surface area contributed by atoms with Gasteiger partial charge in [0.15, 0.2) is 0 Å². The first-order valence-electron chi connectivity index (χ1n) is 49.4. The molecule has 9 aromatic rings.